The van der Waals surface area contributed by atoms with Crippen LogP contribution in [0, 0.1) is 11.3 Å². The lowest BCUT2D eigenvalue weighted by Crippen LogP contribution is -2.53. The van der Waals surface area contributed by atoms with E-state index in [0.29, 0.717) is 0 Å². The van der Waals surface area contributed by atoms with Crippen LogP contribution in [0.5, 0.6) is 0 Å². The van der Waals surface area contributed by atoms with Gasteiger partial charge in [-0.05, 0) is 34.6 Å². The van der Waals surface area contributed by atoms with E-state index in [2.05, 4.69) is 6.07 Å². The third kappa shape index (κ3) is 3.37. The van der Waals surface area contributed by atoms with Gasteiger partial charge in [-0.1, -0.05) is 11.2 Å². The van der Waals surface area contributed by atoms with Crippen LogP contribution in [0.15, 0.2) is 0 Å². The lowest BCUT2D eigenvalue weighted by Gasteiger charge is -2.40. The monoisotopic (exact) mass is 236 g/mol. The van der Waals surface area contributed by atoms with Crippen molar-refractivity contribution >= 4 is 19.4 Å². The van der Waals surface area contributed by atoms with E-state index in [4.69, 9.17) is 21.0 Å². The quantitative estimate of drug-likeness (QED) is 0.544. The fraction of sp³-hybridized carbons (Fsp3) is 0.889. The first kappa shape index (κ1) is 14.1. The summed E-state index contributed by atoms with van der Waals surface area (Å²) < 4.78 is 5.32. The third-order valence-electron chi connectivity index (χ3n) is 2.05. The Morgan fingerprint density at radius 2 is 1.79 bits per heavy atom. The second-order valence-electron chi connectivity index (χ2n) is 3.87. The molecule has 0 saturated heterocycles. The van der Waals surface area contributed by atoms with Crippen LogP contribution in [0.1, 0.15) is 34.6 Å². The molecule has 0 spiro atoms. The summed E-state index contributed by atoms with van der Waals surface area (Å²) in [6.45, 7) is 9.90. The van der Waals surface area contributed by atoms with E-state index >= 15 is 0 Å². The van der Waals surface area contributed by atoms with Crippen molar-refractivity contribution in [1.29, 1.82) is 5.26 Å². The zero-order valence-corrected chi connectivity index (χ0v) is 11.1. The Kier molecular flexibility index (Phi) is 5.93. The van der Waals surface area contributed by atoms with Crippen molar-refractivity contribution in [2.75, 3.05) is 0 Å². The first-order valence-corrected chi connectivity index (χ1v) is 6.54. The van der Waals surface area contributed by atoms with Crippen LogP contribution in [0.2, 0.25) is 0 Å². The van der Waals surface area contributed by atoms with Crippen molar-refractivity contribution in [1.82, 2.24) is 4.90 Å². The number of rotatable bonds is 5. The van der Waals surface area contributed by atoms with Gasteiger partial charge in [0.25, 0.3) is 0 Å². The third-order valence-corrected chi connectivity index (χ3v) is 2.76. The summed E-state index contributed by atoms with van der Waals surface area (Å²) in [6.07, 6.45) is 0. The van der Waals surface area contributed by atoms with Gasteiger partial charge in [0.05, 0.1) is 0 Å². The molecule has 0 aromatic rings. The average molecular weight is 237 g/mol. The molecule has 0 aromatic heterocycles. The van der Waals surface area contributed by atoms with E-state index in [1.54, 1.807) is 6.92 Å². The molecule has 14 heavy (non-hydrogen) atoms. The van der Waals surface area contributed by atoms with Crippen molar-refractivity contribution in [2.45, 2.75) is 52.4 Å². The molecule has 0 bridgehead atoms. The molecule has 0 rings (SSSR count). The predicted molar refractivity (Wildman–Crippen MR) is 61.4 cm³/mol. The van der Waals surface area contributed by atoms with Gasteiger partial charge in [-0.2, -0.15) is 5.26 Å². The maximum absolute atomic E-state index is 9.11. The van der Waals surface area contributed by atoms with E-state index in [-0.39, 0.29) is 20.2 Å². The Labute approximate surface area is 93.0 Å². The van der Waals surface area contributed by atoms with Gasteiger partial charge < -0.3 is 4.52 Å². The molecule has 0 heterocycles. The highest BCUT2D eigenvalue weighted by Gasteiger charge is 2.36. The van der Waals surface area contributed by atoms with Gasteiger partial charge in [0.2, 0.25) is 5.72 Å². The Morgan fingerprint density at radius 1 is 1.36 bits per heavy atom. The van der Waals surface area contributed by atoms with Crippen molar-refractivity contribution in [2.24, 2.45) is 0 Å². The number of nitriles is 1. The summed E-state index contributed by atoms with van der Waals surface area (Å²) in [5.74, 6) is 0. The maximum Gasteiger partial charge on any atom is 0.212 e. The van der Waals surface area contributed by atoms with Gasteiger partial charge in [-0.3, -0.25) is 4.90 Å². The smallest absolute Gasteiger partial charge is 0.212 e. The summed E-state index contributed by atoms with van der Waals surface area (Å²) in [5.41, 5.74) is -0.928. The number of nitrogens with zero attached hydrogens (tertiary/aromatic N) is 2. The molecule has 0 N–H and O–H groups in total. The van der Waals surface area contributed by atoms with Gasteiger partial charge >= 0.3 is 0 Å². The van der Waals surface area contributed by atoms with Crippen LogP contribution in [-0.2, 0) is 4.52 Å². The van der Waals surface area contributed by atoms with Gasteiger partial charge in [0.1, 0.15) is 14.2 Å². The molecule has 2 unspecified atom stereocenters. The van der Waals surface area contributed by atoms with E-state index in [9.17, 15) is 0 Å². The van der Waals surface area contributed by atoms with Gasteiger partial charge in [0.15, 0.2) is 0 Å². The molecule has 0 radical (unpaired) electrons. The summed E-state index contributed by atoms with van der Waals surface area (Å²) in [5, 5.41) is 9.11. The maximum atomic E-state index is 9.11. The van der Waals surface area contributed by atoms with Crippen LogP contribution in [0.3, 0.4) is 0 Å². The molecule has 0 aliphatic rings. The molecular formula is C9H18ClN2OP. The highest BCUT2D eigenvalue weighted by atomic mass is 35.7. The first-order chi connectivity index (χ1) is 6.39. The minimum absolute atomic E-state index is 0.198. The number of hydrogen-bond donors (Lipinski definition) is 0. The fourth-order valence-electron chi connectivity index (χ4n) is 1.79. The SMILES string of the molecule is CC(C)N(C(C)C)C(C)(C#N)OPCl. The van der Waals surface area contributed by atoms with Gasteiger partial charge in [-0.15, -0.1) is 0 Å². The van der Waals surface area contributed by atoms with Crippen LogP contribution in [0.25, 0.3) is 0 Å². The molecule has 0 amide bonds. The van der Waals surface area contributed by atoms with Crippen molar-refractivity contribution in [3.8, 4) is 6.07 Å². The lowest BCUT2D eigenvalue weighted by molar-refractivity contribution is -0.0521. The summed E-state index contributed by atoms with van der Waals surface area (Å²) >= 11 is 5.55. The highest BCUT2D eigenvalue weighted by Crippen LogP contribution is 2.31. The number of halogens is 1. The van der Waals surface area contributed by atoms with Crippen LogP contribution < -0.4 is 0 Å². The van der Waals surface area contributed by atoms with Crippen LogP contribution in [0.4, 0.5) is 0 Å². The first-order valence-electron chi connectivity index (χ1n) is 4.62. The molecule has 2 atom stereocenters. The minimum Gasteiger partial charge on any atom is -0.311 e. The second-order valence-corrected chi connectivity index (χ2v) is 4.69. The van der Waals surface area contributed by atoms with Crippen molar-refractivity contribution in [3.05, 3.63) is 0 Å². The zero-order chi connectivity index (χ0) is 11.4. The molecule has 0 aromatic carbocycles. The Hall–Kier alpha value is 0.130. The molecule has 82 valence electrons. The Balaban J connectivity index is 4.86. The molecule has 0 aliphatic carbocycles. The van der Waals surface area contributed by atoms with E-state index in [1.165, 1.54) is 0 Å². The Morgan fingerprint density at radius 3 is 2.00 bits per heavy atom. The Bertz CT molecular complexity index is 209. The lowest BCUT2D eigenvalue weighted by atomic mass is 10.1. The number of hydrogen-bond acceptors (Lipinski definition) is 3. The fourth-order valence-corrected chi connectivity index (χ4v) is 2.54. The van der Waals surface area contributed by atoms with Crippen molar-refractivity contribution < 1.29 is 4.52 Å². The van der Waals surface area contributed by atoms with Crippen LogP contribution >= 0.6 is 19.4 Å². The van der Waals surface area contributed by atoms with E-state index in [1.807, 2.05) is 32.6 Å². The topological polar surface area (TPSA) is 36.3 Å². The van der Waals surface area contributed by atoms with Gasteiger partial charge in [0, 0.05) is 12.1 Å². The summed E-state index contributed by atoms with van der Waals surface area (Å²) in [6, 6.07) is 2.65. The molecule has 5 heteroatoms. The normalized spacial score (nSPS) is 16.9. The van der Waals surface area contributed by atoms with E-state index in [0.717, 1.165) is 0 Å². The zero-order valence-electron chi connectivity index (χ0n) is 9.34. The van der Waals surface area contributed by atoms with Crippen molar-refractivity contribution in [3.63, 3.8) is 0 Å². The molecule has 0 saturated carbocycles. The summed E-state index contributed by atoms with van der Waals surface area (Å²) in [7, 11) is -0.198. The minimum atomic E-state index is -0.928. The summed E-state index contributed by atoms with van der Waals surface area (Å²) in [4.78, 5) is 2.00. The highest BCUT2D eigenvalue weighted by molar-refractivity contribution is 7.64. The molecule has 0 aliphatic heterocycles. The molecule has 0 fully saturated rings. The second kappa shape index (κ2) is 5.88. The standard InChI is InChI=1S/C9H18ClN2OP/c1-7(2)12(8(3)4)9(5,6-11)13-14-10/h7-8,14H,1-5H3. The van der Waals surface area contributed by atoms with Gasteiger partial charge in [-0.25, -0.2) is 0 Å². The average Bonchev–Trinajstić information content (AvgIpc) is 2.03. The largest absolute Gasteiger partial charge is 0.311 e. The molecular weight excluding hydrogens is 219 g/mol. The van der Waals surface area contributed by atoms with Crippen LogP contribution in [-0.4, -0.2) is 22.7 Å². The predicted octanol–water partition coefficient (Wildman–Crippen LogP) is 3.11. The van der Waals surface area contributed by atoms with E-state index < -0.39 is 5.72 Å². The molecule has 3 nitrogen and oxygen atoms in total.